The van der Waals surface area contributed by atoms with Crippen LogP contribution in [-0.2, 0) is 16.1 Å². The van der Waals surface area contributed by atoms with Gasteiger partial charge in [0.1, 0.15) is 15.8 Å². The Morgan fingerprint density at radius 1 is 1.12 bits per heavy atom. The molecule has 2 aliphatic heterocycles. The molecule has 0 aliphatic carbocycles. The highest BCUT2D eigenvalue weighted by Crippen LogP contribution is 2.34. The average Bonchev–Trinajstić information content (AvgIpc) is 3.10. The Bertz CT molecular complexity index is 1330. The number of ether oxygens (including phenoxy) is 1. The van der Waals surface area contributed by atoms with Crippen LogP contribution < -0.4 is 10.5 Å². The summed E-state index contributed by atoms with van der Waals surface area (Å²) in [5, 5.41) is 0. The lowest BCUT2D eigenvalue weighted by molar-refractivity contribution is -0.122. The molecule has 0 spiro atoms. The number of anilines is 1. The molecule has 2 fully saturated rings. The second-order valence-electron chi connectivity index (χ2n) is 7.94. The minimum absolute atomic E-state index is 0.198. The number of aryl methyl sites for hydroxylation is 1. The monoisotopic (exact) mass is 478 g/mol. The van der Waals surface area contributed by atoms with Crippen LogP contribution in [0.5, 0.6) is 0 Å². The minimum Gasteiger partial charge on any atom is -0.378 e. The fraction of sp³-hybridized carbons (Fsp3) is 0.250. The highest BCUT2D eigenvalue weighted by molar-refractivity contribution is 8.26. The fourth-order valence-corrected chi connectivity index (χ4v) is 5.11. The summed E-state index contributed by atoms with van der Waals surface area (Å²) in [5.41, 5.74) is 2.89. The Kier molecular flexibility index (Phi) is 6.01. The summed E-state index contributed by atoms with van der Waals surface area (Å²) in [6.45, 7) is 4.80. The molecule has 2 saturated heterocycles. The number of morpholine rings is 1. The number of thiocarbonyl (C=S) groups is 1. The van der Waals surface area contributed by atoms with Gasteiger partial charge in [-0.3, -0.25) is 18.9 Å². The Hall–Kier alpha value is -3.01. The van der Waals surface area contributed by atoms with Crippen molar-refractivity contribution in [2.24, 2.45) is 0 Å². The van der Waals surface area contributed by atoms with Gasteiger partial charge < -0.3 is 9.64 Å². The molecule has 33 heavy (non-hydrogen) atoms. The number of pyridine rings is 1. The summed E-state index contributed by atoms with van der Waals surface area (Å²) < 4.78 is 7.45. The Morgan fingerprint density at radius 3 is 2.64 bits per heavy atom. The summed E-state index contributed by atoms with van der Waals surface area (Å²) in [6, 6.07) is 13.5. The second-order valence-corrected chi connectivity index (χ2v) is 9.61. The number of carbonyl (C=O) groups is 1. The quantitative estimate of drug-likeness (QED) is 0.421. The molecule has 0 radical (unpaired) electrons. The maximum absolute atomic E-state index is 13.4. The molecule has 1 amide bonds. The third kappa shape index (κ3) is 4.31. The fourth-order valence-electron chi connectivity index (χ4n) is 3.88. The Labute approximate surface area is 200 Å². The predicted molar refractivity (Wildman–Crippen MR) is 134 cm³/mol. The van der Waals surface area contributed by atoms with Gasteiger partial charge in [-0.05, 0) is 30.7 Å². The maximum Gasteiger partial charge on any atom is 0.267 e. The number of fused-ring (bicyclic) bond motifs is 1. The van der Waals surface area contributed by atoms with Gasteiger partial charge in [0.2, 0.25) is 0 Å². The van der Waals surface area contributed by atoms with E-state index in [0.29, 0.717) is 59.1 Å². The highest BCUT2D eigenvalue weighted by atomic mass is 32.2. The smallest absolute Gasteiger partial charge is 0.267 e. The van der Waals surface area contributed by atoms with Crippen LogP contribution in [0, 0.1) is 6.92 Å². The summed E-state index contributed by atoms with van der Waals surface area (Å²) in [6.07, 6.45) is 3.34. The van der Waals surface area contributed by atoms with E-state index in [1.54, 1.807) is 29.3 Å². The van der Waals surface area contributed by atoms with Crippen LogP contribution >= 0.6 is 24.0 Å². The molecule has 1 aromatic carbocycles. The molecule has 7 nitrogen and oxygen atoms in total. The van der Waals surface area contributed by atoms with Crippen LogP contribution in [0.25, 0.3) is 11.7 Å². The van der Waals surface area contributed by atoms with Gasteiger partial charge in [-0.2, -0.15) is 0 Å². The number of nitrogens with zero attached hydrogens (tertiary/aromatic N) is 4. The lowest BCUT2D eigenvalue weighted by Crippen LogP contribution is -2.38. The van der Waals surface area contributed by atoms with Crippen LogP contribution in [0.3, 0.4) is 0 Å². The van der Waals surface area contributed by atoms with E-state index < -0.39 is 0 Å². The lowest BCUT2D eigenvalue weighted by atomic mass is 10.1. The number of carbonyl (C=O) groups excluding carboxylic acids is 1. The van der Waals surface area contributed by atoms with E-state index in [1.165, 1.54) is 16.2 Å². The van der Waals surface area contributed by atoms with Crippen LogP contribution in [0.2, 0.25) is 0 Å². The first-order valence-corrected chi connectivity index (χ1v) is 11.9. The SMILES string of the molecule is Cc1ccc(CN2C(=O)/C(=C/c3c(N4CCOCC4)nc4ccccn4c3=O)SC2=S)cc1. The highest BCUT2D eigenvalue weighted by Gasteiger charge is 2.33. The third-order valence-corrected chi connectivity index (χ3v) is 7.05. The number of thioether (sulfide) groups is 1. The van der Waals surface area contributed by atoms with E-state index in [2.05, 4.69) is 0 Å². The van der Waals surface area contributed by atoms with Crippen molar-refractivity contribution < 1.29 is 9.53 Å². The number of hydrogen-bond acceptors (Lipinski definition) is 7. The summed E-state index contributed by atoms with van der Waals surface area (Å²) >= 11 is 6.72. The molecule has 5 rings (SSSR count). The van der Waals surface area contributed by atoms with E-state index >= 15 is 0 Å². The van der Waals surface area contributed by atoms with E-state index in [0.717, 1.165) is 11.1 Å². The molecule has 0 bridgehead atoms. The van der Waals surface area contributed by atoms with Gasteiger partial charge in [-0.25, -0.2) is 4.98 Å². The van der Waals surface area contributed by atoms with Gasteiger partial charge in [-0.15, -0.1) is 0 Å². The van der Waals surface area contributed by atoms with Crippen molar-refractivity contribution in [3.05, 3.63) is 80.6 Å². The third-order valence-electron chi connectivity index (χ3n) is 5.67. The van der Waals surface area contributed by atoms with Gasteiger partial charge in [0.05, 0.1) is 30.2 Å². The molecule has 2 aromatic heterocycles. The van der Waals surface area contributed by atoms with E-state index in [-0.39, 0.29) is 11.5 Å². The van der Waals surface area contributed by atoms with Gasteiger partial charge in [0.25, 0.3) is 11.5 Å². The normalized spacial score (nSPS) is 18.0. The molecule has 3 aromatic rings. The Balaban J connectivity index is 1.54. The van der Waals surface area contributed by atoms with E-state index in [4.69, 9.17) is 21.9 Å². The number of benzene rings is 1. The number of aromatic nitrogens is 2. The van der Waals surface area contributed by atoms with E-state index in [1.807, 2.05) is 42.2 Å². The van der Waals surface area contributed by atoms with Crippen LogP contribution in [-0.4, -0.2) is 50.8 Å². The van der Waals surface area contributed by atoms with Gasteiger partial charge in [0, 0.05) is 19.3 Å². The largest absolute Gasteiger partial charge is 0.378 e. The molecule has 0 N–H and O–H groups in total. The van der Waals surface area contributed by atoms with E-state index in [9.17, 15) is 9.59 Å². The zero-order chi connectivity index (χ0) is 22.9. The number of rotatable bonds is 4. The average molecular weight is 479 g/mol. The molecule has 4 heterocycles. The molecule has 9 heteroatoms. The van der Waals surface area contributed by atoms with Crippen molar-refractivity contribution in [1.82, 2.24) is 14.3 Å². The van der Waals surface area contributed by atoms with Crippen molar-refractivity contribution in [1.29, 1.82) is 0 Å². The molecule has 0 unspecified atom stereocenters. The van der Waals surface area contributed by atoms with Gasteiger partial charge in [0.15, 0.2) is 0 Å². The molecular weight excluding hydrogens is 456 g/mol. The van der Waals surface area contributed by atoms with Crippen molar-refractivity contribution >= 4 is 51.7 Å². The topological polar surface area (TPSA) is 67.2 Å². The first-order chi connectivity index (χ1) is 16.0. The summed E-state index contributed by atoms with van der Waals surface area (Å²) in [5.74, 6) is 0.370. The minimum atomic E-state index is -0.217. The number of hydrogen-bond donors (Lipinski definition) is 0. The van der Waals surface area contributed by atoms with Crippen LogP contribution in [0.1, 0.15) is 16.7 Å². The van der Waals surface area contributed by atoms with Gasteiger partial charge in [-0.1, -0.05) is 59.9 Å². The molecule has 168 valence electrons. The number of amides is 1. The zero-order valence-electron chi connectivity index (χ0n) is 18.1. The van der Waals surface area contributed by atoms with Crippen molar-refractivity contribution in [3.8, 4) is 0 Å². The lowest BCUT2D eigenvalue weighted by Gasteiger charge is -2.29. The molecule has 0 atom stereocenters. The zero-order valence-corrected chi connectivity index (χ0v) is 19.7. The first kappa shape index (κ1) is 21.8. The Morgan fingerprint density at radius 2 is 1.88 bits per heavy atom. The second kappa shape index (κ2) is 9.09. The standard InChI is InChI=1S/C24H22N4O3S2/c1-16-5-7-17(8-6-16)15-28-23(30)19(33-24(28)32)14-18-21(26-10-12-31-13-11-26)25-20-4-2-3-9-27(20)22(18)29/h2-9,14H,10-13,15H2,1H3/b19-14-. The first-order valence-electron chi connectivity index (χ1n) is 10.7. The maximum atomic E-state index is 13.4. The summed E-state index contributed by atoms with van der Waals surface area (Å²) in [7, 11) is 0. The van der Waals surface area contributed by atoms with Crippen molar-refractivity contribution in [3.63, 3.8) is 0 Å². The molecule has 0 saturated carbocycles. The van der Waals surface area contributed by atoms with Crippen molar-refractivity contribution in [2.45, 2.75) is 13.5 Å². The van der Waals surface area contributed by atoms with Crippen LogP contribution in [0.15, 0.2) is 58.4 Å². The molecular formula is C24H22N4O3S2. The van der Waals surface area contributed by atoms with Crippen molar-refractivity contribution in [2.75, 3.05) is 31.2 Å². The molecule has 2 aliphatic rings. The summed E-state index contributed by atoms with van der Waals surface area (Å²) in [4.78, 5) is 35.5. The predicted octanol–water partition coefficient (Wildman–Crippen LogP) is 3.24. The van der Waals surface area contributed by atoms with Crippen LogP contribution in [0.4, 0.5) is 5.82 Å². The van der Waals surface area contributed by atoms with Gasteiger partial charge >= 0.3 is 0 Å².